The molecule has 0 aliphatic carbocycles. The van der Waals surface area contributed by atoms with E-state index in [-0.39, 0.29) is 23.9 Å². The SMILES string of the molecule is CCCCN1CCC(CNC(=O)c2ccc(Cl)c(Cl)c2)NC(CCN2CCCCC2)C1=O. The fourth-order valence-electron chi connectivity index (χ4n) is 4.47. The molecule has 2 atom stereocenters. The van der Waals surface area contributed by atoms with E-state index in [4.69, 9.17) is 23.2 Å². The number of piperidine rings is 1. The third-order valence-electron chi connectivity index (χ3n) is 6.45. The van der Waals surface area contributed by atoms with E-state index in [0.717, 1.165) is 58.4 Å². The maximum atomic E-state index is 13.2. The van der Waals surface area contributed by atoms with E-state index in [1.165, 1.54) is 19.3 Å². The van der Waals surface area contributed by atoms with E-state index in [0.29, 0.717) is 22.2 Å². The lowest BCUT2D eigenvalue weighted by atomic mass is 10.1. The van der Waals surface area contributed by atoms with Crippen LogP contribution in [0.2, 0.25) is 10.0 Å². The van der Waals surface area contributed by atoms with Crippen molar-refractivity contribution in [2.45, 2.75) is 64.0 Å². The topological polar surface area (TPSA) is 64.7 Å². The molecule has 0 bridgehead atoms. The van der Waals surface area contributed by atoms with Crippen LogP contribution in [0, 0.1) is 0 Å². The van der Waals surface area contributed by atoms with Crippen LogP contribution in [0.15, 0.2) is 18.2 Å². The molecule has 2 amide bonds. The molecule has 2 heterocycles. The lowest BCUT2D eigenvalue weighted by molar-refractivity contribution is -0.133. The minimum atomic E-state index is -0.205. The minimum Gasteiger partial charge on any atom is -0.350 e. The second-order valence-corrected chi connectivity index (χ2v) is 9.73. The van der Waals surface area contributed by atoms with Gasteiger partial charge in [0.15, 0.2) is 0 Å². The monoisotopic (exact) mass is 482 g/mol. The first-order chi connectivity index (χ1) is 15.5. The van der Waals surface area contributed by atoms with Crippen LogP contribution in [-0.4, -0.2) is 73.0 Å². The normalized spacial score (nSPS) is 22.6. The third-order valence-corrected chi connectivity index (χ3v) is 7.19. The van der Waals surface area contributed by atoms with Crippen LogP contribution in [0.1, 0.15) is 62.2 Å². The first kappa shape index (κ1) is 25.3. The Morgan fingerprint density at radius 2 is 1.91 bits per heavy atom. The Morgan fingerprint density at radius 3 is 2.62 bits per heavy atom. The van der Waals surface area contributed by atoms with Gasteiger partial charge in [0.25, 0.3) is 5.91 Å². The van der Waals surface area contributed by atoms with Crippen molar-refractivity contribution in [3.63, 3.8) is 0 Å². The summed E-state index contributed by atoms with van der Waals surface area (Å²) in [5.74, 6) is 0.0161. The third kappa shape index (κ3) is 7.34. The Kier molecular flexibility index (Phi) is 10.1. The van der Waals surface area contributed by atoms with Crippen molar-refractivity contribution in [1.29, 1.82) is 0 Å². The number of rotatable bonds is 9. The second-order valence-electron chi connectivity index (χ2n) is 8.91. The summed E-state index contributed by atoms with van der Waals surface area (Å²) in [6.45, 7) is 7.34. The molecule has 6 nitrogen and oxygen atoms in total. The van der Waals surface area contributed by atoms with Crippen molar-refractivity contribution in [2.75, 3.05) is 39.3 Å². The molecule has 2 N–H and O–H groups in total. The van der Waals surface area contributed by atoms with E-state index in [2.05, 4.69) is 22.5 Å². The maximum Gasteiger partial charge on any atom is 0.251 e. The van der Waals surface area contributed by atoms with Crippen LogP contribution in [0.5, 0.6) is 0 Å². The fourth-order valence-corrected chi connectivity index (χ4v) is 4.77. The number of hydrogen-bond acceptors (Lipinski definition) is 4. The number of carbonyl (C=O) groups is 2. The van der Waals surface area contributed by atoms with E-state index in [1.807, 2.05) is 4.90 Å². The van der Waals surface area contributed by atoms with Crippen molar-refractivity contribution in [2.24, 2.45) is 0 Å². The quantitative estimate of drug-likeness (QED) is 0.558. The highest BCUT2D eigenvalue weighted by Gasteiger charge is 2.31. The van der Waals surface area contributed by atoms with Gasteiger partial charge in [-0.1, -0.05) is 43.0 Å². The Hall–Kier alpha value is -1.34. The van der Waals surface area contributed by atoms with Crippen molar-refractivity contribution < 1.29 is 9.59 Å². The second kappa shape index (κ2) is 12.8. The minimum absolute atomic E-state index is 0.0451. The van der Waals surface area contributed by atoms with Gasteiger partial charge < -0.3 is 20.4 Å². The van der Waals surface area contributed by atoms with E-state index in [1.54, 1.807) is 18.2 Å². The molecule has 0 saturated carbocycles. The smallest absolute Gasteiger partial charge is 0.251 e. The number of nitrogens with one attached hydrogen (secondary N) is 2. The van der Waals surface area contributed by atoms with Gasteiger partial charge >= 0.3 is 0 Å². The Bertz CT molecular complexity index is 770. The molecule has 2 aliphatic rings. The van der Waals surface area contributed by atoms with Crippen molar-refractivity contribution >= 4 is 35.0 Å². The molecule has 2 aliphatic heterocycles. The summed E-state index contributed by atoms with van der Waals surface area (Å²) in [4.78, 5) is 30.3. The van der Waals surface area contributed by atoms with Gasteiger partial charge in [-0.05, 0) is 63.4 Å². The predicted octanol–water partition coefficient (Wildman–Crippen LogP) is 3.96. The van der Waals surface area contributed by atoms with Gasteiger partial charge in [0.1, 0.15) is 0 Å². The first-order valence-electron chi connectivity index (χ1n) is 12.0. The Morgan fingerprint density at radius 1 is 1.12 bits per heavy atom. The number of unbranched alkanes of at least 4 members (excludes halogenated alkanes) is 1. The average Bonchev–Trinajstić information content (AvgIpc) is 2.95. The fraction of sp³-hybridized carbons (Fsp3) is 0.667. The van der Waals surface area contributed by atoms with Gasteiger partial charge in [-0.15, -0.1) is 0 Å². The highest BCUT2D eigenvalue weighted by atomic mass is 35.5. The summed E-state index contributed by atoms with van der Waals surface area (Å²) in [7, 11) is 0. The van der Waals surface area contributed by atoms with Crippen molar-refractivity contribution in [3.8, 4) is 0 Å². The van der Waals surface area contributed by atoms with Gasteiger partial charge in [-0.2, -0.15) is 0 Å². The van der Waals surface area contributed by atoms with Crippen LogP contribution in [0.4, 0.5) is 0 Å². The number of halogens is 2. The van der Waals surface area contributed by atoms with Crippen LogP contribution in [-0.2, 0) is 4.79 Å². The first-order valence-corrected chi connectivity index (χ1v) is 12.7. The molecule has 3 rings (SSSR count). The van der Waals surface area contributed by atoms with E-state index in [9.17, 15) is 9.59 Å². The summed E-state index contributed by atoms with van der Waals surface area (Å²) < 4.78 is 0. The van der Waals surface area contributed by atoms with Crippen molar-refractivity contribution in [3.05, 3.63) is 33.8 Å². The number of likely N-dealkylation sites (tertiary alicyclic amines) is 1. The molecule has 0 aromatic heterocycles. The number of benzene rings is 1. The Labute approximate surface area is 202 Å². The number of carbonyl (C=O) groups excluding carboxylic acids is 2. The van der Waals surface area contributed by atoms with Gasteiger partial charge in [0, 0.05) is 37.8 Å². The molecule has 2 unspecified atom stereocenters. The van der Waals surface area contributed by atoms with Crippen LogP contribution in [0.3, 0.4) is 0 Å². The highest BCUT2D eigenvalue weighted by molar-refractivity contribution is 6.42. The molecule has 178 valence electrons. The number of amides is 2. The molecule has 32 heavy (non-hydrogen) atoms. The van der Waals surface area contributed by atoms with Gasteiger partial charge in [-0.25, -0.2) is 0 Å². The van der Waals surface area contributed by atoms with Crippen LogP contribution >= 0.6 is 23.2 Å². The summed E-state index contributed by atoms with van der Waals surface area (Å²) in [6.07, 6.45) is 7.51. The average molecular weight is 483 g/mol. The molecule has 1 aromatic carbocycles. The zero-order valence-electron chi connectivity index (χ0n) is 19.0. The molecular formula is C24H36Cl2N4O2. The largest absolute Gasteiger partial charge is 0.350 e. The molecule has 8 heteroatoms. The summed E-state index contributed by atoms with van der Waals surface area (Å²) >= 11 is 12.0. The lowest BCUT2D eigenvalue weighted by Crippen LogP contribution is -2.50. The molecular weight excluding hydrogens is 447 g/mol. The standard InChI is InChI=1S/C24H36Cl2N4O2/c1-2-3-13-30-15-9-19(17-27-23(31)18-7-8-20(25)21(26)16-18)28-22(24(30)32)10-14-29-11-5-4-6-12-29/h7-8,16,19,22,28H,2-6,9-15,17H2,1H3,(H,27,31). The number of nitrogens with zero attached hydrogens (tertiary/aromatic N) is 2. The highest BCUT2D eigenvalue weighted by Crippen LogP contribution is 2.22. The zero-order chi connectivity index (χ0) is 22.9. The molecule has 0 spiro atoms. The maximum absolute atomic E-state index is 13.2. The summed E-state index contributed by atoms with van der Waals surface area (Å²) in [5, 5.41) is 7.35. The van der Waals surface area contributed by atoms with E-state index < -0.39 is 0 Å². The Balaban J connectivity index is 1.59. The van der Waals surface area contributed by atoms with E-state index >= 15 is 0 Å². The molecule has 2 fully saturated rings. The number of hydrogen-bond donors (Lipinski definition) is 2. The lowest BCUT2D eigenvalue weighted by Gasteiger charge is -2.30. The molecule has 1 aromatic rings. The van der Waals surface area contributed by atoms with Crippen LogP contribution < -0.4 is 10.6 Å². The van der Waals surface area contributed by atoms with Gasteiger partial charge in [0.2, 0.25) is 5.91 Å². The molecule has 2 saturated heterocycles. The van der Waals surface area contributed by atoms with Crippen LogP contribution in [0.25, 0.3) is 0 Å². The molecule has 0 radical (unpaired) electrons. The van der Waals surface area contributed by atoms with Crippen molar-refractivity contribution in [1.82, 2.24) is 20.4 Å². The van der Waals surface area contributed by atoms with Gasteiger partial charge in [-0.3, -0.25) is 9.59 Å². The predicted molar refractivity (Wildman–Crippen MR) is 131 cm³/mol. The summed E-state index contributed by atoms with van der Waals surface area (Å²) in [6, 6.07) is 4.72. The van der Waals surface area contributed by atoms with Gasteiger partial charge in [0.05, 0.1) is 16.1 Å². The zero-order valence-corrected chi connectivity index (χ0v) is 20.6. The summed E-state index contributed by atoms with van der Waals surface area (Å²) in [5.41, 5.74) is 0.482.